The summed E-state index contributed by atoms with van der Waals surface area (Å²) in [5.41, 5.74) is 2.47. The minimum absolute atomic E-state index is 0.527. The van der Waals surface area contributed by atoms with Crippen LogP contribution < -0.4 is 0 Å². The SMILES string of the molecule is CCOC(C)(C)[C@@H](O)c1cnc2c(cnn2-c2cccc(-c3ncn[nH]3)c2)c1. The molecule has 1 aromatic carbocycles. The molecule has 0 fully saturated rings. The Bertz CT molecular complexity index is 1090. The van der Waals surface area contributed by atoms with Crippen molar-refractivity contribution < 1.29 is 9.84 Å². The number of aliphatic hydroxyl groups is 1. The van der Waals surface area contributed by atoms with Crippen molar-refractivity contribution in [3.05, 3.63) is 54.6 Å². The van der Waals surface area contributed by atoms with Crippen LogP contribution in [0.2, 0.25) is 0 Å². The summed E-state index contributed by atoms with van der Waals surface area (Å²) in [7, 11) is 0. The van der Waals surface area contributed by atoms with E-state index in [1.54, 1.807) is 17.1 Å². The number of nitrogens with zero attached hydrogens (tertiary/aromatic N) is 5. The fraction of sp³-hybridized carbons (Fsp3) is 0.300. The Kier molecular flexibility index (Phi) is 4.66. The van der Waals surface area contributed by atoms with Crippen LogP contribution in [0.5, 0.6) is 0 Å². The summed E-state index contributed by atoms with van der Waals surface area (Å²) >= 11 is 0. The predicted molar refractivity (Wildman–Crippen MR) is 105 cm³/mol. The lowest BCUT2D eigenvalue weighted by Crippen LogP contribution is -2.32. The molecule has 144 valence electrons. The Morgan fingerprint density at radius 2 is 2.07 bits per heavy atom. The molecule has 1 atom stereocenters. The van der Waals surface area contributed by atoms with Crippen LogP contribution in [-0.4, -0.2) is 47.3 Å². The van der Waals surface area contributed by atoms with Gasteiger partial charge in [-0.05, 0) is 39.0 Å². The maximum atomic E-state index is 10.7. The third-order valence-corrected chi connectivity index (χ3v) is 4.70. The van der Waals surface area contributed by atoms with Crippen LogP contribution in [0, 0.1) is 0 Å². The first kappa shape index (κ1) is 18.3. The van der Waals surface area contributed by atoms with Gasteiger partial charge in [0.15, 0.2) is 11.5 Å². The van der Waals surface area contributed by atoms with Gasteiger partial charge < -0.3 is 9.84 Å². The van der Waals surface area contributed by atoms with Crippen molar-refractivity contribution in [2.45, 2.75) is 32.5 Å². The number of H-pyrrole nitrogens is 1. The molecule has 28 heavy (non-hydrogen) atoms. The van der Waals surface area contributed by atoms with Gasteiger partial charge in [0.1, 0.15) is 12.4 Å². The summed E-state index contributed by atoms with van der Waals surface area (Å²) in [5, 5.41) is 22.8. The van der Waals surface area contributed by atoms with Gasteiger partial charge in [-0.15, -0.1) is 0 Å². The number of aliphatic hydroxyl groups excluding tert-OH is 1. The van der Waals surface area contributed by atoms with Gasteiger partial charge in [-0.3, -0.25) is 5.10 Å². The largest absolute Gasteiger partial charge is 0.385 e. The van der Waals surface area contributed by atoms with E-state index in [-0.39, 0.29) is 0 Å². The molecule has 4 aromatic rings. The van der Waals surface area contributed by atoms with Crippen LogP contribution in [0.25, 0.3) is 28.1 Å². The van der Waals surface area contributed by atoms with Gasteiger partial charge in [0.05, 0.1) is 17.5 Å². The molecule has 8 heteroatoms. The lowest BCUT2D eigenvalue weighted by Gasteiger charge is -2.30. The number of fused-ring (bicyclic) bond motifs is 1. The summed E-state index contributed by atoms with van der Waals surface area (Å²) < 4.78 is 7.43. The van der Waals surface area contributed by atoms with Gasteiger partial charge in [0.25, 0.3) is 0 Å². The lowest BCUT2D eigenvalue weighted by molar-refractivity contribution is -0.0984. The minimum atomic E-state index is -0.789. The quantitative estimate of drug-likeness (QED) is 0.535. The van der Waals surface area contributed by atoms with Gasteiger partial charge in [-0.25, -0.2) is 14.6 Å². The van der Waals surface area contributed by atoms with Crippen molar-refractivity contribution >= 4 is 11.0 Å². The second kappa shape index (κ2) is 7.14. The highest BCUT2D eigenvalue weighted by molar-refractivity contribution is 5.77. The van der Waals surface area contributed by atoms with Gasteiger partial charge in [-0.2, -0.15) is 10.2 Å². The molecule has 0 unspecified atom stereocenters. The molecular formula is C20H22N6O2. The van der Waals surface area contributed by atoms with Crippen LogP contribution in [0.3, 0.4) is 0 Å². The first-order valence-corrected chi connectivity index (χ1v) is 9.11. The molecule has 4 rings (SSSR count). The first-order valence-electron chi connectivity index (χ1n) is 9.11. The van der Waals surface area contributed by atoms with Crippen LogP contribution in [-0.2, 0) is 4.74 Å². The van der Waals surface area contributed by atoms with Gasteiger partial charge in [-0.1, -0.05) is 12.1 Å². The molecule has 3 heterocycles. The van der Waals surface area contributed by atoms with E-state index in [9.17, 15) is 5.11 Å². The molecule has 0 radical (unpaired) electrons. The maximum Gasteiger partial charge on any atom is 0.162 e. The summed E-state index contributed by atoms with van der Waals surface area (Å²) in [6, 6.07) is 9.71. The highest BCUT2D eigenvalue weighted by atomic mass is 16.5. The number of benzene rings is 1. The van der Waals surface area contributed by atoms with Gasteiger partial charge in [0.2, 0.25) is 0 Å². The molecule has 0 aliphatic carbocycles. The van der Waals surface area contributed by atoms with Crippen LogP contribution in [0.4, 0.5) is 0 Å². The molecule has 0 bridgehead atoms. The van der Waals surface area contributed by atoms with E-state index in [1.807, 2.05) is 51.1 Å². The maximum absolute atomic E-state index is 10.7. The average molecular weight is 378 g/mol. The fourth-order valence-electron chi connectivity index (χ4n) is 3.26. The van der Waals surface area contributed by atoms with Crippen LogP contribution >= 0.6 is 0 Å². The molecule has 2 N–H and O–H groups in total. The number of hydrogen-bond donors (Lipinski definition) is 2. The molecule has 3 aromatic heterocycles. The number of ether oxygens (including phenoxy) is 1. The Morgan fingerprint density at radius 3 is 2.82 bits per heavy atom. The van der Waals surface area contributed by atoms with Gasteiger partial charge in [0, 0.05) is 29.3 Å². The van der Waals surface area contributed by atoms with E-state index >= 15 is 0 Å². The zero-order valence-electron chi connectivity index (χ0n) is 16.0. The second-order valence-electron chi connectivity index (χ2n) is 7.06. The van der Waals surface area contributed by atoms with E-state index in [4.69, 9.17) is 4.74 Å². The van der Waals surface area contributed by atoms with Gasteiger partial charge >= 0.3 is 0 Å². The Morgan fingerprint density at radius 1 is 1.21 bits per heavy atom. The summed E-state index contributed by atoms with van der Waals surface area (Å²) in [5.74, 6) is 0.690. The second-order valence-corrected chi connectivity index (χ2v) is 7.06. The average Bonchev–Trinajstić information content (AvgIpc) is 3.37. The summed E-state index contributed by atoms with van der Waals surface area (Å²) in [6.45, 7) is 6.17. The molecule has 0 saturated carbocycles. The standard InChI is InChI=1S/C20H22N6O2/c1-4-28-20(2,3)17(27)14-8-15-11-24-26(19(15)21-10-14)16-7-5-6-13(9-16)18-22-12-23-25-18/h5-12,17,27H,4H2,1-3H3,(H,22,23,25)/t17-/m0/s1. The molecule has 0 aliphatic heterocycles. The minimum Gasteiger partial charge on any atom is -0.385 e. The Balaban J connectivity index is 1.70. The highest BCUT2D eigenvalue weighted by Crippen LogP contribution is 2.30. The van der Waals surface area contributed by atoms with Crippen LogP contribution in [0.1, 0.15) is 32.4 Å². The smallest absolute Gasteiger partial charge is 0.162 e. The number of pyridine rings is 1. The van der Waals surface area contributed by atoms with E-state index in [2.05, 4.69) is 25.3 Å². The number of rotatable bonds is 6. The first-order chi connectivity index (χ1) is 13.5. The lowest BCUT2D eigenvalue weighted by atomic mass is 9.95. The van der Waals surface area contributed by atoms with Crippen molar-refractivity contribution in [3.63, 3.8) is 0 Å². The topological polar surface area (TPSA) is 102 Å². The predicted octanol–water partition coefficient (Wildman–Crippen LogP) is 3.05. The molecule has 0 amide bonds. The van der Waals surface area contributed by atoms with E-state index in [1.165, 1.54) is 6.33 Å². The number of hydrogen-bond acceptors (Lipinski definition) is 6. The molecule has 0 saturated heterocycles. The third kappa shape index (κ3) is 3.28. The zero-order valence-corrected chi connectivity index (χ0v) is 16.0. The summed E-state index contributed by atoms with van der Waals surface area (Å²) in [4.78, 5) is 8.74. The molecule has 8 nitrogen and oxygen atoms in total. The van der Waals surface area contributed by atoms with Crippen LogP contribution in [0.15, 0.2) is 49.1 Å². The molecule has 0 aliphatic rings. The summed E-state index contributed by atoms with van der Waals surface area (Å²) in [6.07, 6.45) is 4.10. The molecule has 0 spiro atoms. The van der Waals surface area contributed by atoms with E-state index in [0.29, 0.717) is 23.6 Å². The highest BCUT2D eigenvalue weighted by Gasteiger charge is 2.30. The van der Waals surface area contributed by atoms with Crippen molar-refractivity contribution in [3.8, 4) is 17.1 Å². The monoisotopic (exact) mass is 378 g/mol. The fourth-order valence-corrected chi connectivity index (χ4v) is 3.26. The van der Waals surface area contributed by atoms with E-state index < -0.39 is 11.7 Å². The van der Waals surface area contributed by atoms with Crippen molar-refractivity contribution in [2.75, 3.05) is 6.61 Å². The zero-order chi connectivity index (χ0) is 19.7. The Hall–Kier alpha value is -3.10. The van der Waals surface area contributed by atoms with Crippen molar-refractivity contribution in [1.29, 1.82) is 0 Å². The van der Waals surface area contributed by atoms with Crippen molar-refractivity contribution in [2.24, 2.45) is 0 Å². The number of nitrogens with one attached hydrogen (secondary N) is 1. The normalized spacial score (nSPS) is 13.1. The number of aromatic nitrogens is 6. The molecular weight excluding hydrogens is 356 g/mol. The number of aromatic amines is 1. The van der Waals surface area contributed by atoms with E-state index in [0.717, 1.165) is 16.6 Å². The van der Waals surface area contributed by atoms with Crippen molar-refractivity contribution in [1.82, 2.24) is 29.9 Å². The third-order valence-electron chi connectivity index (χ3n) is 4.70. The Labute approximate surface area is 162 Å².